The number of hydrogen-bond donors (Lipinski definition) is 1. The Hall–Kier alpha value is -3.00. The van der Waals surface area contributed by atoms with E-state index in [1.54, 1.807) is 25.6 Å². The first kappa shape index (κ1) is 12.1. The van der Waals surface area contributed by atoms with Crippen LogP contribution >= 0.6 is 0 Å². The maximum absolute atomic E-state index is 8.94. The molecule has 0 aliphatic heterocycles. The van der Waals surface area contributed by atoms with Crippen LogP contribution in [0.15, 0.2) is 42.7 Å². The molecule has 0 aliphatic rings. The number of aromatic nitrogens is 2. The van der Waals surface area contributed by atoms with E-state index in [0.29, 0.717) is 17.0 Å². The third kappa shape index (κ3) is 1.84. The molecule has 0 atom stereocenters. The summed E-state index contributed by atoms with van der Waals surface area (Å²) in [5.41, 5.74) is 9.57. The summed E-state index contributed by atoms with van der Waals surface area (Å²) in [6.07, 6.45) is 1.72. The van der Waals surface area contributed by atoms with Crippen molar-refractivity contribution in [3.8, 4) is 17.5 Å². The summed E-state index contributed by atoms with van der Waals surface area (Å²) < 4.78 is 7.27. The fourth-order valence-corrected chi connectivity index (χ4v) is 2.17. The van der Waals surface area contributed by atoms with E-state index < -0.39 is 0 Å². The molecule has 3 rings (SSSR count). The van der Waals surface area contributed by atoms with Crippen LogP contribution in [0, 0.1) is 11.3 Å². The predicted octanol–water partition coefficient (Wildman–Crippen LogP) is 2.49. The minimum Gasteiger partial charge on any atom is -0.495 e. The van der Waals surface area contributed by atoms with Gasteiger partial charge in [0.25, 0.3) is 0 Å². The first-order valence-corrected chi connectivity index (χ1v) is 6.04. The lowest BCUT2D eigenvalue weighted by Gasteiger charge is -2.10. The second-order valence-electron chi connectivity index (χ2n) is 4.36. The summed E-state index contributed by atoms with van der Waals surface area (Å²) in [4.78, 5) is 4.34. The number of nitrogen functional groups attached to an aromatic ring is 1. The Morgan fingerprint density at radius 2 is 2.10 bits per heavy atom. The number of rotatable bonds is 2. The van der Waals surface area contributed by atoms with Crippen molar-refractivity contribution in [3.63, 3.8) is 0 Å². The molecule has 0 spiro atoms. The summed E-state index contributed by atoms with van der Waals surface area (Å²) in [6, 6.07) is 13.0. The molecule has 3 aromatic rings. The van der Waals surface area contributed by atoms with E-state index in [9.17, 15) is 0 Å². The van der Waals surface area contributed by atoms with Crippen molar-refractivity contribution in [1.29, 1.82) is 5.26 Å². The first-order chi connectivity index (χ1) is 9.72. The first-order valence-electron chi connectivity index (χ1n) is 6.04. The molecule has 0 saturated heterocycles. The molecule has 0 unspecified atom stereocenters. The number of methoxy groups -OCH3 is 1. The van der Waals surface area contributed by atoms with Gasteiger partial charge in [-0.3, -0.25) is 4.57 Å². The highest BCUT2D eigenvalue weighted by molar-refractivity contribution is 5.81. The van der Waals surface area contributed by atoms with Gasteiger partial charge in [-0.05, 0) is 30.3 Å². The summed E-state index contributed by atoms with van der Waals surface area (Å²) in [7, 11) is 1.58. The van der Waals surface area contributed by atoms with Crippen molar-refractivity contribution in [1.82, 2.24) is 9.55 Å². The second kappa shape index (κ2) is 4.59. The number of ether oxygens (including phenoxy) is 1. The molecule has 5 nitrogen and oxygen atoms in total. The maximum Gasteiger partial charge on any atom is 0.144 e. The van der Waals surface area contributed by atoms with Gasteiger partial charge in [0.05, 0.1) is 35.5 Å². The van der Waals surface area contributed by atoms with Gasteiger partial charge in [-0.25, -0.2) is 4.98 Å². The molecule has 1 heterocycles. The zero-order chi connectivity index (χ0) is 14.1. The number of benzene rings is 2. The average molecular weight is 264 g/mol. The Balaban J connectivity index is 2.23. The lowest BCUT2D eigenvalue weighted by molar-refractivity contribution is 0.413. The van der Waals surface area contributed by atoms with Crippen LogP contribution in [0.5, 0.6) is 5.75 Å². The molecular weight excluding hydrogens is 252 g/mol. The van der Waals surface area contributed by atoms with Crippen LogP contribution in [0.3, 0.4) is 0 Å². The maximum atomic E-state index is 8.94. The summed E-state index contributed by atoms with van der Waals surface area (Å²) in [6.45, 7) is 0. The van der Waals surface area contributed by atoms with Crippen LogP contribution in [-0.4, -0.2) is 16.7 Å². The molecule has 1 aromatic heterocycles. The number of nitriles is 1. The van der Waals surface area contributed by atoms with Gasteiger partial charge in [0.1, 0.15) is 12.1 Å². The molecule has 98 valence electrons. The monoisotopic (exact) mass is 264 g/mol. The van der Waals surface area contributed by atoms with E-state index >= 15 is 0 Å². The number of hydrogen-bond acceptors (Lipinski definition) is 4. The number of nitrogens with two attached hydrogens (primary N) is 1. The molecule has 20 heavy (non-hydrogen) atoms. The molecule has 0 radical (unpaired) electrons. The minimum atomic E-state index is 0.555. The lowest BCUT2D eigenvalue weighted by atomic mass is 10.2. The number of anilines is 1. The van der Waals surface area contributed by atoms with Gasteiger partial charge in [0, 0.05) is 11.8 Å². The lowest BCUT2D eigenvalue weighted by Crippen LogP contribution is -1.97. The molecule has 2 N–H and O–H groups in total. The van der Waals surface area contributed by atoms with Crippen molar-refractivity contribution in [2.45, 2.75) is 0 Å². The molecule has 2 aromatic carbocycles. The van der Waals surface area contributed by atoms with Crippen molar-refractivity contribution >= 4 is 16.7 Å². The van der Waals surface area contributed by atoms with Gasteiger partial charge in [0.15, 0.2) is 0 Å². The average Bonchev–Trinajstić information content (AvgIpc) is 2.89. The Labute approximate surface area is 115 Å². The number of nitrogens with zero attached hydrogens (tertiary/aromatic N) is 3. The van der Waals surface area contributed by atoms with Crippen LogP contribution in [0.25, 0.3) is 16.7 Å². The van der Waals surface area contributed by atoms with Crippen LogP contribution in [0.2, 0.25) is 0 Å². The fourth-order valence-electron chi connectivity index (χ4n) is 2.17. The van der Waals surface area contributed by atoms with E-state index in [2.05, 4.69) is 11.1 Å². The topological polar surface area (TPSA) is 76.9 Å². The smallest absolute Gasteiger partial charge is 0.144 e. The second-order valence-corrected chi connectivity index (χ2v) is 4.36. The molecule has 0 aliphatic carbocycles. The fraction of sp³-hybridized carbons (Fsp3) is 0.0667. The van der Waals surface area contributed by atoms with E-state index in [1.165, 1.54) is 0 Å². The highest BCUT2D eigenvalue weighted by Gasteiger charge is 2.10. The largest absolute Gasteiger partial charge is 0.495 e. The van der Waals surface area contributed by atoms with Crippen molar-refractivity contribution < 1.29 is 4.74 Å². The highest BCUT2D eigenvalue weighted by Crippen LogP contribution is 2.28. The standard InChI is InChI=1S/C15H12N4O/c1-20-15-6-10(8-16)2-4-14(15)19-9-18-12-7-11(17)3-5-13(12)19/h2-7,9H,17H2,1H3. The minimum absolute atomic E-state index is 0.555. The Morgan fingerprint density at radius 3 is 2.85 bits per heavy atom. The summed E-state index contributed by atoms with van der Waals surface area (Å²) in [5.74, 6) is 0.625. The van der Waals surface area contributed by atoms with Crippen LogP contribution in [-0.2, 0) is 0 Å². The van der Waals surface area contributed by atoms with Crippen LogP contribution in [0.1, 0.15) is 5.56 Å². The predicted molar refractivity (Wildman–Crippen MR) is 76.7 cm³/mol. The van der Waals surface area contributed by atoms with Gasteiger partial charge < -0.3 is 10.5 Å². The Kier molecular flexibility index (Phi) is 2.77. The van der Waals surface area contributed by atoms with E-state index in [0.717, 1.165) is 16.7 Å². The molecular formula is C15H12N4O. The van der Waals surface area contributed by atoms with Gasteiger partial charge >= 0.3 is 0 Å². The normalized spacial score (nSPS) is 10.4. The van der Waals surface area contributed by atoms with Gasteiger partial charge in [-0.1, -0.05) is 0 Å². The van der Waals surface area contributed by atoms with E-state index in [4.69, 9.17) is 15.7 Å². The van der Waals surface area contributed by atoms with Crippen molar-refractivity contribution in [2.24, 2.45) is 0 Å². The Morgan fingerprint density at radius 1 is 1.25 bits per heavy atom. The van der Waals surface area contributed by atoms with Crippen molar-refractivity contribution in [3.05, 3.63) is 48.3 Å². The molecule has 0 saturated carbocycles. The van der Waals surface area contributed by atoms with Crippen LogP contribution < -0.4 is 10.5 Å². The van der Waals surface area contributed by atoms with E-state index in [1.807, 2.05) is 28.8 Å². The number of fused-ring (bicyclic) bond motifs is 1. The third-order valence-corrected chi connectivity index (χ3v) is 3.14. The zero-order valence-corrected chi connectivity index (χ0v) is 10.9. The number of imidazole rings is 1. The summed E-state index contributed by atoms with van der Waals surface area (Å²) >= 11 is 0. The van der Waals surface area contributed by atoms with Crippen molar-refractivity contribution in [2.75, 3.05) is 12.8 Å². The zero-order valence-electron chi connectivity index (χ0n) is 10.9. The highest BCUT2D eigenvalue weighted by atomic mass is 16.5. The van der Waals surface area contributed by atoms with Gasteiger partial charge in [-0.2, -0.15) is 5.26 Å². The SMILES string of the molecule is COc1cc(C#N)ccc1-n1cnc2cc(N)ccc21. The third-order valence-electron chi connectivity index (χ3n) is 3.14. The van der Waals surface area contributed by atoms with Gasteiger partial charge in [0.2, 0.25) is 0 Å². The van der Waals surface area contributed by atoms with Crippen LogP contribution in [0.4, 0.5) is 5.69 Å². The van der Waals surface area contributed by atoms with E-state index in [-0.39, 0.29) is 0 Å². The Bertz CT molecular complexity index is 829. The molecule has 5 heteroatoms. The quantitative estimate of drug-likeness (QED) is 0.721. The molecule has 0 bridgehead atoms. The molecule has 0 fully saturated rings. The van der Waals surface area contributed by atoms with Gasteiger partial charge in [-0.15, -0.1) is 0 Å². The summed E-state index contributed by atoms with van der Waals surface area (Å²) in [5, 5.41) is 8.94. The molecule has 0 amide bonds.